The van der Waals surface area contributed by atoms with Crippen LogP contribution in [0.4, 0.5) is 9.18 Å². The van der Waals surface area contributed by atoms with Gasteiger partial charge >= 0.3 is 12.0 Å². The highest BCUT2D eigenvalue weighted by Gasteiger charge is 2.50. The second kappa shape index (κ2) is 9.57. The fourth-order valence-electron chi connectivity index (χ4n) is 3.13. The van der Waals surface area contributed by atoms with Crippen molar-refractivity contribution in [3.63, 3.8) is 0 Å². The number of hydrogen-bond acceptors (Lipinski definition) is 7. The second-order valence-corrected chi connectivity index (χ2v) is 9.16. The lowest BCUT2D eigenvalue weighted by Crippen LogP contribution is -2.49. The van der Waals surface area contributed by atoms with Gasteiger partial charge in [-0.2, -0.15) is 9.73 Å². The van der Waals surface area contributed by atoms with Crippen molar-refractivity contribution < 1.29 is 36.7 Å². The normalized spacial score (nSPS) is 18.9. The van der Waals surface area contributed by atoms with Gasteiger partial charge in [-0.25, -0.2) is 17.6 Å². The Balaban J connectivity index is 1.56. The van der Waals surface area contributed by atoms with Gasteiger partial charge in [-0.15, -0.1) is 0 Å². The fourth-order valence-corrected chi connectivity index (χ4v) is 4.40. The van der Waals surface area contributed by atoms with E-state index in [9.17, 15) is 32.0 Å². The molecule has 13 heteroatoms. The Morgan fingerprint density at radius 1 is 1.12 bits per heavy atom. The highest BCUT2D eigenvalue weighted by Crippen LogP contribution is 2.27. The number of rotatable bonds is 8. The number of hydrazine groups is 1. The third-order valence-electron chi connectivity index (χ3n) is 4.94. The van der Waals surface area contributed by atoms with Gasteiger partial charge in [0.25, 0.3) is 11.8 Å². The Morgan fingerprint density at radius 3 is 2.38 bits per heavy atom. The molecular formula is C21H21FN4O7S. The minimum atomic E-state index is -4.38. The Kier molecular flexibility index (Phi) is 6.98. The van der Waals surface area contributed by atoms with Crippen molar-refractivity contribution in [2.24, 2.45) is 0 Å². The summed E-state index contributed by atoms with van der Waals surface area (Å²) >= 11 is 0. The van der Waals surface area contributed by atoms with Crippen molar-refractivity contribution in [2.45, 2.75) is 30.3 Å². The molecule has 34 heavy (non-hydrogen) atoms. The van der Waals surface area contributed by atoms with Gasteiger partial charge in [-0.1, -0.05) is 42.5 Å². The van der Waals surface area contributed by atoms with Crippen molar-refractivity contribution in [3.05, 3.63) is 66.0 Å². The van der Waals surface area contributed by atoms with Gasteiger partial charge in [0.2, 0.25) is 10.0 Å². The number of urea groups is 1. The topological polar surface area (TPSA) is 151 Å². The van der Waals surface area contributed by atoms with E-state index in [-0.39, 0.29) is 0 Å². The van der Waals surface area contributed by atoms with Crippen LogP contribution in [0.25, 0.3) is 0 Å². The predicted octanol–water partition coefficient (Wildman–Crippen LogP) is 0.534. The number of nitrogens with one attached hydrogen (secondary N) is 3. The van der Waals surface area contributed by atoms with Crippen molar-refractivity contribution in [1.29, 1.82) is 0 Å². The van der Waals surface area contributed by atoms with Crippen LogP contribution in [0.3, 0.4) is 0 Å². The Labute approximate surface area is 194 Å². The van der Waals surface area contributed by atoms with Crippen LogP contribution < -0.4 is 15.5 Å². The Hall–Kier alpha value is -3.84. The van der Waals surface area contributed by atoms with Gasteiger partial charge in [0.1, 0.15) is 22.3 Å². The summed E-state index contributed by atoms with van der Waals surface area (Å²) in [7, 11) is -4.38. The molecule has 3 rings (SSSR count). The molecule has 3 N–H and O–H groups in total. The number of carbonyl (C=O) groups is 4. The molecule has 2 aromatic rings. The molecule has 180 valence electrons. The number of benzene rings is 2. The molecule has 4 amide bonds. The number of hydrogen-bond donors (Lipinski definition) is 3. The highest BCUT2D eigenvalue weighted by molar-refractivity contribution is 7.89. The molecule has 0 aromatic heterocycles. The van der Waals surface area contributed by atoms with Crippen LogP contribution >= 0.6 is 0 Å². The summed E-state index contributed by atoms with van der Waals surface area (Å²) in [5.74, 6) is -3.92. The van der Waals surface area contributed by atoms with Crippen LogP contribution in [0, 0.1) is 5.82 Å². The maximum absolute atomic E-state index is 13.8. The predicted molar refractivity (Wildman–Crippen MR) is 114 cm³/mol. The molecule has 0 unspecified atom stereocenters. The number of amides is 4. The van der Waals surface area contributed by atoms with Crippen LogP contribution in [0.2, 0.25) is 0 Å². The quantitative estimate of drug-likeness (QED) is 0.359. The highest BCUT2D eigenvalue weighted by atomic mass is 32.2. The maximum atomic E-state index is 13.8. The number of imide groups is 1. The summed E-state index contributed by atoms with van der Waals surface area (Å²) in [4.78, 5) is 48.6. The van der Waals surface area contributed by atoms with Gasteiger partial charge < -0.3 is 10.1 Å². The summed E-state index contributed by atoms with van der Waals surface area (Å²) in [6.45, 7) is 1.70. The number of sulfonamides is 1. The first-order valence-corrected chi connectivity index (χ1v) is 11.4. The summed E-state index contributed by atoms with van der Waals surface area (Å²) in [5.41, 5.74) is 1.12. The summed E-state index contributed by atoms with van der Waals surface area (Å²) in [5, 5.41) is 2.95. The molecule has 0 bridgehead atoms. The summed E-state index contributed by atoms with van der Waals surface area (Å²) in [6, 6.07) is 10.6. The molecule has 2 aromatic carbocycles. The zero-order chi connectivity index (χ0) is 25.1. The molecule has 1 heterocycles. The van der Waals surface area contributed by atoms with Crippen molar-refractivity contribution in [3.8, 4) is 0 Å². The number of nitrogens with zero attached hydrogens (tertiary/aromatic N) is 1. The summed E-state index contributed by atoms with van der Waals surface area (Å²) < 4.78 is 45.0. The molecule has 0 saturated carbocycles. The van der Waals surface area contributed by atoms with E-state index in [0.717, 1.165) is 19.1 Å². The molecule has 0 aliphatic carbocycles. The van der Waals surface area contributed by atoms with Crippen LogP contribution in [-0.2, 0) is 34.7 Å². The minimum absolute atomic E-state index is 0.466. The standard InChI is InChI=1S/C21H21FN4O7S/c1-13(25-34(31,32)16-11-7-6-10-15(16)22)18(28)33-12-17(27)24-26-19(29)21(2,23-20(26)30)14-8-4-3-5-9-14/h3-11,13,25H,12H2,1-2H3,(H,23,30)(H,24,27)/t13-,21-/m0/s1. The van der Waals surface area contributed by atoms with Crippen molar-refractivity contribution >= 4 is 33.8 Å². The third kappa shape index (κ3) is 5.05. The van der Waals surface area contributed by atoms with Crippen LogP contribution in [-0.4, -0.2) is 49.9 Å². The monoisotopic (exact) mass is 492 g/mol. The molecule has 11 nitrogen and oxygen atoms in total. The minimum Gasteiger partial charge on any atom is -0.454 e. The Bertz CT molecular complexity index is 1240. The van der Waals surface area contributed by atoms with Gasteiger partial charge in [-0.05, 0) is 31.5 Å². The Morgan fingerprint density at radius 2 is 1.74 bits per heavy atom. The van der Waals surface area contributed by atoms with Gasteiger partial charge in [0.15, 0.2) is 6.61 Å². The number of ether oxygens (including phenoxy) is 1. The van der Waals surface area contributed by atoms with Gasteiger partial charge in [0, 0.05) is 0 Å². The largest absolute Gasteiger partial charge is 0.454 e. The molecule has 0 spiro atoms. The molecule has 1 fully saturated rings. The van der Waals surface area contributed by atoms with E-state index in [1.165, 1.54) is 19.1 Å². The first kappa shape index (κ1) is 24.8. The first-order chi connectivity index (χ1) is 16.0. The average molecular weight is 492 g/mol. The van der Waals surface area contributed by atoms with E-state index in [1.54, 1.807) is 30.3 Å². The zero-order valence-corrected chi connectivity index (χ0v) is 18.9. The smallest absolute Gasteiger partial charge is 0.344 e. The number of halogens is 1. The van der Waals surface area contributed by atoms with Gasteiger partial charge in [-0.3, -0.25) is 19.8 Å². The van der Waals surface area contributed by atoms with E-state index >= 15 is 0 Å². The molecule has 1 aliphatic heterocycles. The van der Waals surface area contributed by atoms with E-state index < -0.39 is 62.7 Å². The van der Waals surface area contributed by atoms with Crippen LogP contribution in [0.15, 0.2) is 59.5 Å². The lowest BCUT2D eigenvalue weighted by molar-refractivity contribution is -0.151. The van der Waals surface area contributed by atoms with Crippen molar-refractivity contribution in [1.82, 2.24) is 20.5 Å². The lowest BCUT2D eigenvalue weighted by Gasteiger charge is -2.22. The molecule has 0 radical (unpaired) electrons. The zero-order valence-electron chi connectivity index (χ0n) is 18.1. The average Bonchev–Trinajstić information content (AvgIpc) is 3.01. The van der Waals surface area contributed by atoms with E-state index in [4.69, 9.17) is 4.74 Å². The molecule has 1 aliphatic rings. The molecular weight excluding hydrogens is 471 g/mol. The van der Waals surface area contributed by atoms with E-state index in [2.05, 4.69) is 5.32 Å². The van der Waals surface area contributed by atoms with Crippen LogP contribution in [0.5, 0.6) is 0 Å². The second-order valence-electron chi connectivity index (χ2n) is 7.48. The first-order valence-electron chi connectivity index (χ1n) is 9.91. The van der Waals surface area contributed by atoms with E-state index in [1.807, 2.05) is 10.1 Å². The summed E-state index contributed by atoms with van der Waals surface area (Å²) in [6.07, 6.45) is 0. The maximum Gasteiger partial charge on any atom is 0.344 e. The number of esters is 1. The third-order valence-corrected chi connectivity index (χ3v) is 6.51. The van der Waals surface area contributed by atoms with Crippen LogP contribution in [0.1, 0.15) is 19.4 Å². The van der Waals surface area contributed by atoms with Gasteiger partial charge in [0.05, 0.1) is 0 Å². The molecule has 1 saturated heterocycles. The number of carbonyl (C=O) groups excluding carboxylic acids is 4. The fraction of sp³-hybridized carbons (Fsp3) is 0.238. The van der Waals surface area contributed by atoms with Crippen molar-refractivity contribution in [2.75, 3.05) is 6.61 Å². The lowest BCUT2D eigenvalue weighted by atomic mass is 9.92. The molecule has 2 atom stereocenters. The SMILES string of the molecule is C[C@H](NS(=O)(=O)c1ccccc1F)C(=O)OCC(=O)NN1C(=O)N[C@@](C)(c2ccccc2)C1=O. The van der Waals surface area contributed by atoms with E-state index in [0.29, 0.717) is 10.6 Å².